The number of likely N-dealkylation sites (tertiary alicyclic amines) is 1. The number of nitrogens with one attached hydrogen (secondary N) is 1. The molecular weight excluding hydrogens is 506 g/mol. The minimum Gasteiger partial charge on any atom is -0.484 e. The smallest absolute Gasteiger partial charge is 0.260 e. The molecule has 3 aromatic rings. The van der Waals surface area contributed by atoms with E-state index >= 15 is 0 Å². The van der Waals surface area contributed by atoms with Crippen molar-refractivity contribution in [2.24, 2.45) is 0 Å². The highest BCUT2D eigenvalue weighted by molar-refractivity contribution is 7.98. The van der Waals surface area contributed by atoms with E-state index < -0.39 is 5.66 Å². The Morgan fingerprint density at radius 1 is 1.08 bits per heavy atom. The molecule has 5 rings (SSSR count). The van der Waals surface area contributed by atoms with E-state index in [1.165, 1.54) is 10.8 Å². The SMILES string of the molecule is CSCCC1NC2(CCN(C(=O)COc3ccc(Cl)cc3)CC2)N(Cc2ccc3ccccc3c2)C1=O. The van der Waals surface area contributed by atoms with Gasteiger partial charge in [-0.05, 0) is 65.1 Å². The van der Waals surface area contributed by atoms with E-state index in [2.05, 4.69) is 41.9 Å². The molecule has 3 aromatic carbocycles. The number of hydrogen-bond acceptors (Lipinski definition) is 5. The monoisotopic (exact) mass is 537 g/mol. The number of amides is 2. The lowest BCUT2D eigenvalue weighted by atomic mass is 9.95. The van der Waals surface area contributed by atoms with Crippen LogP contribution in [0, 0.1) is 0 Å². The number of fused-ring (bicyclic) bond motifs is 1. The van der Waals surface area contributed by atoms with Crippen molar-refractivity contribution in [2.45, 2.75) is 37.5 Å². The van der Waals surface area contributed by atoms with E-state index in [1.54, 1.807) is 36.0 Å². The van der Waals surface area contributed by atoms with Gasteiger partial charge in [-0.25, -0.2) is 0 Å². The lowest BCUT2D eigenvalue weighted by molar-refractivity contribution is -0.139. The minimum absolute atomic E-state index is 0.0157. The number of ether oxygens (including phenoxy) is 1. The van der Waals surface area contributed by atoms with Crippen molar-refractivity contribution in [3.8, 4) is 5.75 Å². The Kier molecular flexibility index (Phi) is 7.93. The highest BCUT2D eigenvalue weighted by Gasteiger charge is 2.51. The first-order valence-corrected chi connectivity index (χ1v) is 14.5. The maximum Gasteiger partial charge on any atom is 0.260 e. The Morgan fingerprint density at radius 2 is 1.81 bits per heavy atom. The van der Waals surface area contributed by atoms with Crippen LogP contribution in [0.4, 0.5) is 0 Å². The molecule has 2 fully saturated rings. The van der Waals surface area contributed by atoms with Crippen molar-refractivity contribution >= 4 is 45.9 Å². The van der Waals surface area contributed by atoms with Crippen molar-refractivity contribution in [1.82, 2.24) is 15.1 Å². The third kappa shape index (κ3) is 5.74. The zero-order valence-corrected chi connectivity index (χ0v) is 22.6. The number of hydrogen-bond donors (Lipinski definition) is 1. The molecule has 1 spiro atoms. The van der Waals surface area contributed by atoms with Gasteiger partial charge < -0.3 is 14.5 Å². The summed E-state index contributed by atoms with van der Waals surface area (Å²) in [5.41, 5.74) is 0.674. The van der Waals surface area contributed by atoms with Crippen molar-refractivity contribution in [2.75, 3.05) is 31.7 Å². The number of benzene rings is 3. The summed E-state index contributed by atoms with van der Waals surface area (Å²) in [5, 5.41) is 6.70. The summed E-state index contributed by atoms with van der Waals surface area (Å²) >= 11 is 7.68. The van der Waals surface area contributed by atoms with Gasteiger partial charge in [0.1, 0.15) is 5.75 Å². The number of nitrogens with zero attached hydrogens (tertiary/aromatic N) is 2. The average Bonchev–Trinajstić information content (AvgIpc) is 3.17. The molecular formula is C29H32ClN3O3S. The molecule has 1 unspecified atom stereocenters. The summed E-state index contributed by atoms with van der Waals surface area (Å²) in [4.78, 5) is 30.4. The second-order valence-electron chi connectivity index (χ2n) is 9.74. The lowest BCUT2D eigenvalue weighted by Crippen LogP contribution is -2.59. The van der Waals surface area contributed by atoms with E-state index in [1.807, 2.05) is 21.9 Å². The first-order valence-electron chi connectivity index (χ1n) is 12.7. The van der Waals surface area contributed by atoms with Gasteiger partial charge in [0, 0.05) is 37.5 Å². The van der Waals surface area contributed by atoms with Gasteiger partial charge in [-0.1, -0.05) is 48.0 Å². The van der Waals surface area contributed by atoms with Crippen LogP contribution < -0.4 is 10.1 Å². The van der Waals surface area contributed by atoms with Crippen LogP contribution >= 0.6 is 23.4 Å². The quantitative estimate of drug-likeness (QED) is 0.441. The number of halogens is 1. The molecule has 0 saturated carbocycles. The third-order valence-corrected chi connectivity index (χ3v) is 8.30. The summed E-state index contributed by atoms with van der Waals surface area (Å²) < 4.78 is 5.67. The molecule has 0 aliphatic carbocycles. The van der Waals surface area contributed by atoms with Gasteiger partial charge in [0.25, 0.3) is 5.91 Å². The second-order valence-corrected chi connectivity index (χ2v) is 11.2. The molecule has 0 radical (unpaired) electrons. The van der Waals surface area contributed by atoms with E-state index in [0.717, 1.165) is 17.7 Å². The van der Waals surface area contributed by atoms with Crippen molar-refractivity contribution < 1.29 is 14.3 Å². The van der Waals surface area contributed by atoms with E-state index in [0.29, 0.717) is 43.2 Å². The maximum absolute atomic E-state index is 13.6. The van der Waals surface area contributed by atoms with Crippen LogP contribution in [0.3, 0.4) is 0 Å². The molecule has 6 nitrogen and oxygen atoms in total. The van der Waals surface area contributed by atoms with Gasteiger partial charge in [0.05, 0.1) is 11.7 Å². The lowest BCUT2D eigenvalue weighted by Gasteiger charge is -2.44. The fraction of sp³-hybridized carbons (Fsp3) is 0.379. The van der Waals surface area contributed by atoms with Crippen molar-refractivity contribution in [3.63, 3.8) is 0 Å². The molecule has 37 heavy (non-hydrogen) atoms. The fourth-order valence-electron chi connectivity index (χ4n) is 5.35. The summed E-state index contributed by atoms with van der Waals surface area (Å²) in [7, 11) is 0. The average molecular weight is 538 g/mol. The van der Waals surface area contributed by atoms with Crippen molar-refractivity contribution in [3.05, 3.63) is 77.3 Å². The summed E-state index contributed by atoms with van der Waals surface area (Å²) in [5.74, 6) is 1.66. The van der Waals surface area contributed by atoms with Crippen LogP contribution in [0.25, 0.3) is 10.8 Å². The molecule has 2 saturated heterocycles. The molecule has 194 valence electrons. The Balaban J connectivity index is 1.28. The summed E-state index contributed by atoms with van der Waals surface area (Å²) in [6.07, 6.45) is 4.25. The van der Waals surface area contributed by atoms with Gasteiger partial charge in [0.2, 0.25) is 5.91 Å². The van der Waals surface area contributed by atoms with E-state index in [-0.39, 0.29) is 24.5 Å². The van der Waals surface area contributed by atoms with Gasteiger partial charge in [0.15, 0.2) is 6.61 Å². The molecule has 1 atom stereocenters. The van der Waals surface area contributed by atoms with Gasteiger partial charge in [-0.15, -0.1) is 0 Å². The molecule has 2 aliphatic heterocycles. The van der Waals surface area contributed by atoms with Crippen LogP contribution in [0.5, 0.6) is 5.75 Å². The Hall–Kier alpha value is -2.74. The molecule has 0 aromatic heterocycles. The molecule has 1 N–H and O–H groups in total. The zero-order valence-electron chi connectivity index (χ0n) is 21.0. The molecule has 2 amide bonds. The predicted octanol–water partition coefficient (Wildman–Crippen LogP) is 4.94. The predicted molar refractivity (Wildman–Crippen MR) is 150 cm³/mol. The van der Waals surface area contributed by atoms with Gasteiger partial charge in [-0.3, -0.25) is 14.9 Å². The van der Waals surface area contributed by atoms with Crippen LogP contribution in [0.15, 0.2) is 66.7 Å². The largest absolute Gasteiger partial charge is 0.484 e. The number of carbonyl (C=O) groups excluding carboxylic acids is 2. The number of thioether (sulfide) groups is 1. The maximum atomic E-state index is 13.6. The fourth-order valence-corrected chi connectivity index (χ4v) is 5.95. The van der Waals surface area contributed by atoms with Crippen LogP contribution in [-0.4, -0.2) is 65.0 Å². The van der Waals surface area contributed by atoms with Gasteiger partial charge >= 0.3 is 0 Å². The number of piperidine rings is 1. The third-order valence-electron chi connectivity index (χ3n) is 7.41. The Labute approximate surface area is 227 Å². The first-order chi connectivity index (χ1) is 18.0. The van der Waals surface area contributed by atoms with Crippen LogP contribution in [-0.2, 0) is 16.1 Å². The Bertz CT molecular complexity index is 1260. The molecule has 2 heterocycles. The van der Waals surface area contributed by atoms with E-state index in [9.17, 15) is 9.59 Å². The van der Waals surface area contributed by atoms with Crippen LogP contribution in [0.2, 0.25) is 5.02 Å². The molecule has 0 bridgehead atoms. The zero-order chi connectivity index (χ0) is 25.8. The minimum atomic E-state index is -0.445. The van der Waals surface area contributed by atoms with E-state index in [4.69, 9.17) is 16.3 Å². The highest BCUT2D eigenvalue weighted by atomic mass is 35.5. The summed E-state index contributed by atoms with van der Waals surface area (Å²) in [6.45, 7) is 1.69. The van der Waals surface area contributed by atoms with Crippen LogP contribution in [0.1, 0.15) is 24.8 Å². The normalized spacial score (nSPS) is 19.1. The molecule has 2 aliphatic rings. The molecule has 8 heteroatoms. The number of rotatable bonds is 8. The van der Waals surface area contributed by atoms with Gasteiger partial charge in [-0.2, -0.15) is 11.8 Å². The number of carbonyl (C=O) groups is 2. The standard InChI is InChI=1S/C29H32ClN3O3S/c1-37-17-12-26-28(35)33(19-21-6-7-22-4-2-3-5-23(22)18-21)29(31-26)13-15-32(16-14-29)27(34)20-36-25-10-8-24(30)9-11-25/h2-11,18,26,31H,12-17,19-20H2,1H3. The van der Waals surface area contributed by atoms with Crippen molar-refractivity contribution in [1.29, 1.82) is 0 Å². The summed E-state index contributed by atoms with van der Waals surface area (Å²) in [6, 6.07) is 21.5. The second kappa shape index (κ2) is 11.3. The first kappa shape index (κ1) is 25.9. The highest BCUT2D eigenvalue weighted by Crippen LogP contribution is 2.35. The topological polar surface area (TPSA) is 61.9 Å². The Morgan fingerprint density at radius 3 is 2.54 bits per heavy atom.